The maximum Gasteiger partial charge on any atom is 0.158 e. The Kier molecular flexibility index (Phi) is 5.36. The number of anilines is 1. The Balaban J connectivity index is 2.17. The zero-order valence-corrected chi connectivity index (χ0v) is 11.9. The molecule has 1 fully saturated rings. The van der Waals surface area contributed by atoms with Gasteiger partial charge in [0.2, 0.25) is 0 Å². The average molecular weight is 286 g/mol. The number of hydrogen-bond acceptors (Lipinski definition) is 5. The van der Waals surface area contributed by atoms with Gasteiger partial charge in [-0.3, -0.25) is 0 Å². The van der Waals surface area contributed by atoms with Crippen molar-refractivity contribution in [3.63, 3.8) is 0 Å². The maximum absolute atomic E-state index is 9.20. The number of nitrogens with zero attached hydrogens (tertiary/aromatic N) is 3. The molecule has 1 aromatic heterocycles. The van der Waals surface area contributed by atoms with E-state index >= 15 is 0 Å². The third-order valence-corrected chi connectivity index (χ3v) is 3.51. The summed E-state index contributed by atoms with van der Waals surface area (Å²) < 4.78 is 5.32. The van der Waals surface area contributed by atoms with E-state index in [0.717, 1.165) is 18.7 Å². The molecule has 1 aliphatic carbocycles. The molecular weight excluding hydrogens is 266 g/mol. The van der Waals surface area contributed by atoms with Crippen LogP contribution in [0, 0.1) is 0 Å². The standard InChI is InChI=1S/C13H20ClN3O2/c1-2-19-9-12-15-11(14)8-13(16-12)17(6-7-18)10-4-3-5-10/h8,10,18H,2-7,9H2,1H3. The molecule has 0 aromatic carbocycles. The summed E-state index contributed by atoms with van der Waals surface area (Å²) in [5.74, 6) is 1.38. The number of aliphatic hydroxyl groups is 1. The van der Waals surface area contributed by atoms with Crippen LogP contribution in [0.4, 0.5) is 5.82 Å². The second-order valence-corrected chi connectivity index (χ2v) is 4.99. The molecule has 0 aliphatic heterocycles. The second-order valence-electron chi connectivity index (χ2n) is 4.60. The van der Waals surface area contributed by atoms with E-state index < -0.39 is 0 Å². The lowest BCUT2D eigenvalue weighted by Crippen LogP contribution is -2.42. The van der Waals surface area contributed by atoms with E-state index in [1.54, 1.807) is 6.07 Å². The van der Waals surface area contributed by atoms with Crippen molar-refractivity contribution >= 4 is 17.4 Å². The molecule has 0 radical (unpaired) electrons. The van der Waals surface area contributed by atoms with Gasteiger partial charge in [-0.15, -0.1) is 0 Å². The number of aliphatic hydroxyl groups excluding tert-OH is 1. The largest absolute Gasteiger partial charge is 0.395 e. The molecule has 19 heavy (non-hydrogen) atoms. The van der Waals surface area contributed by atoms with Crippen LogP contribution in [0.15, 0.2) is 6.07 Å². The number of rotatable bonds is 7. The lowest BCUT2D eigenvalue weighted by atomic mass is 9.91. The van der Waals surface area contributed by atoms with Crippen LogP contribution in [0.5, 0.6) is 0 Å². The SMILES string of the molecule is CCOCc1nc(Cl)cc(N(CCO)C2CCC2)n1. The first kappa shape index (κ1) is 14.5. The molecule has 1 aromatic rings. The van der Waals surface area contributed by atoms with Crippen molar-refractivity contribution in [3.05, 3.63) is 17.0 Å². The van der Waals surface area contributed by atoms with Crippen LogP contribution in [0.1, 0.15) is 32.0 Å². The molecule has 6 heteroatoms. The molecule has 0 amide bonds. The van der Waals surface area contributed by atoms with E-state index in [1.807, 2.05) is 6.92 Å². The van der Waals surface area contributed by atoms with Crippen LogP contribution >= 0.6 is 11.6 Å². The summed E-state index contributed by atoms with van der Waals surface area (Å²) in [4.78, 5) is 10.8. The van der Waals surface area contributed by atoms with E-state index in [1.165, 1.54) is 6.42 Å². The Morgan fingerprint density at radius 3 is 2.84 bits per heavy atom. The van der Waals surface area contributed by atoms with Crippen LogP contribution in [0.25, 0.3) is 0 Å². The fourth-order valence-electron chi connectivity index (χ4n) is 2.15. The summed E-state index contributed by atoms with van der Waals surface area (Å²) in [6, 6.07) is 2.21. The minimum absolute atomic E-state index is 0.110. The van der Waals surface area contributed by atoms with Gasteiger partial charge in [0, 0.05) is 25.3 Å². The Labute approximate surface area is 118 Å². The third-order valence-electron chi connectivity index (χ3n) is 3.31. The highest BCUT2D eigenvalue weighted by atomic mass is 35.5. The quantitative estimate of drug-likeness (QED) is 0.777. The Morgan fingerprint density at radius 1 is 1.47 bits per heavy atom. The zero-order valence-electron chi connectivity index (χ0n) is 11.2. The van der Waals surface area contributed by atoms with Gasteiger partial charge in [0.25, 0.3) is 0 Å². The van der Waals surface area contributed by atoms with E-state index in [4.69, 9.17) is 16.3 Å². The Hall–Kier alpha value is -0.910. The molecule has 1 N–H and O–H groups in total. The van der Waals surface area contributed by atoms with E-state index in [0.29, 0.717) is 36.8 Å². The fourth-order valence-corrected chi connectivity index (χ4v) is 2.34. The van der Waals surface area contributed by atoms with Crippen LogP contribution in [0.3, 0.4) is 0 Å². The third kappa shape index (κ3) is 3.78. The van der Waals surface area contributed by atoms with Gasteiger partial charge in [0.05, 0.1) is 6.61 Å². The highest BCUT2D eigenvalue weighted by Crippen LogP contribution is 2.29. The Bertz CT molecular complexity index is 413. The van der Waals surface area contributed by atoms with Crippen molar-refractivity contribution in [1.29, 1.82) is 0 Å². The lowest BCUT2D eigenvalue weighted by molar-refractivity contribution is 0.128. The Morgan fingerprint density at radius 2 is 2.26 bits per heavy atom. The predicted octanol–water partition coefficient (Wildman–Crippen LogP) is 2.02. The molecular formula is C13H20ClN3O2. The molecule has 5 nitrogen and oxygen atoms in total. The second kappa shape index (κ2) is 7.03. The van der Waals surface area contributed by atoms with Crippen LogP contribution in [-0.2, 0) is 11.3 Å². The van der Waals surface area contributed by atoms with Crippen molar-refractivity contribution in [2.45, 2.75) is 38.8 Å². The highest BCUT2D eigenvalue weighted by molar-refractivity contribution is 6.29. The van der Waals surface area contributed by atoms with Gasteiger partial charge in [-0.1, -0.05) is 11.6 Å². The highest BCUT2D eigenvalue weighted by Gasteiger charge is 2.26. The molecule has 2 rings (SSSR count). The maximum atomic E-state index is 9.20. The van der Waals surface area contributed by atoms with Gasteiger partial charge in [-0.05, 0) is 26.2 Å². The molecule has 0 spiro atoms. The molecule has 1 heterocycles. The van der Waals surface area contributed by atoms with Crippen molar-refractivity contribution in [2.75, 3.05) is 24.7 Å². The van der Waals surface area contributed by atoms with E-state index in [-0.39, 0.29) is 6.61 Å². The summed E-state index contributed by atoms with van der Waals surface area (Å²) in [7, 11) is 0. The number of hydrogen-bond donors (Lipinski definition) is 1. The van der Waals surface area contributed by atoms with Gasteiger partial charge in [-0.2, -0.15) is 0 Å². The van der Waals surface area contributed by atoms with Gasteiger partial charge >= 0.3 is 0 Å². The first-order chi connectivity index (χ1) is 9.24. The van der Waals surface area contributed by atoms with Crippen molar-refractivity contribution in [3.8, 4) is 0 Å². The molecule has 0 bridgehead atoms. The minimum atomic E-state index is 0.110. The summed E-state index contributed by atoms with van der Waals surface area (Å²) in [6.07, 6.45) is 3.52. The smallest absolute Gasteiger partial charge is 0.158 e. The van der Waals surface area contributed by atoms with Crippen molar-refractivity contribution in [1.82, 2.24) is 9.97 Å². The van der Waals surface area contributed by atoms with Crippen LogP contribution in [0.2, 0.25) is 5.15 Å². The molecule has 0 unspecified atom stereocenters. The fraction of sp³-hybridized carbons (Fsp3) is 0.692. The summed E-state index contributed by atoms with van der Waals surface area (Å²) in [6.45, 7) is 3.60. The van der Waals surface area contributed by atoms with Gasteiger partial charge in [0.1, 0.15) is 17.6 Å². The summed E-state index contributed by atoms with van der Waals surface area (Å²) in [5, 5.41) is 9.62. The summed E-state index contributed by atoms with van der Waals surface area (Å²) in [5.41, 5.74) is 0. The zero-order chi connectivity index (χ0) is 13.7. The normalized spacial score (nSPS) is 15.3. The predicted molar refractivity (Wildman–Crippen MR) is 74.4 cm³/mol. The number of ether oxygens (including phenoxy) is 1. The molecule has 1 aliphatic rings. The first-order valence-corrected chi connectivity index (χ1v) is 7.11. The monoisotopic (exact) mass is 285 g/mol. The van der Waals surface area contributed by atoms with Gasteiger partial charge in [-0.25, -0.2) is 9.97 Å². The summed E-state index contributed by atoms with van der Waals surface area (Å²) >= 11 is 6.04. The molecule has 0 saturated heterocycles. The lowest BCUT2D eigenvalue weighted by Gasteiger charge is -2.38. The van der Waals surface area contributed by atoms with Gasteiger partial charge in [0.15, 0.2) is 5.82 Å². The van der Waals surface area contributed by atoms with Crippen molar-refractivity contribution in [2.24, 2.45) is 0 Å². The van der Waals surface area contributed by atoms with Crippen molar-refractivity contribution < 1.29 is 9.84 Å². The minimum Gasteiger partial charge on any atom is -0.395 e. The van der Waals surface area contributed by atoms with Gasteiger partial charge < -0.3 is 14.7 Å². The topological polar surface area (TPSA) is 58.5 Å². The average Bonchev–Trinajstić information content (AvgIpc) is 2.33. The number of aromatic nitrogens is 2. The first-order valence-electron chi connectivity index (χ1n) is 6.73. The van der Waals surface area contributed by atoms with E-state index in [2.05, 4.69) is 14.9 Å². The van der Waals surface area contributed by atoms with E-state index in [9.17, 15) is 5.11 Å². The molecule has 1 saturated carbocycles. The molecule has 106 valence electrons. The molecule has 0 atom stereocenters. The van der Waals surface area contributed by atoms with Crippen LogP contribution in [-0.4, -0.2) is 40.9 Å². The number of halogens is 1. The van der Waals surface area contributed by atoms with Crippen LogP contribution < -0.4 is 4.90 Å².